The molecule has 88 valence electrons. The van der Waals surface area contributed by atoms with E-state index in [-0.39, 0.29) is 0 Å². The zero-order chi connectivity index (χ0) is 10.9. The summed E-state index contributed by atoms with van der Waals surface area (Å²) in [6.45, 7) is 5.61. The molecule has 1 heteroatoms. The molecule has 0 amide bonds. The van der Waals surface area contributed by atoms with Crippen LogP contribution in [0.2, 0.25) is 0 Å². The van der Waals surface area contributed by atoms with Gasteiger partial charge in [-0.1, -0.05) is 33.1 Å². The number of fused-ring (bicyclic) bond motifs is 2. The van der Waals surface area contributed by atoms with Crippen LogP contribution in [0, 0.1) is 23.2 Å². The number of nitrogens with two attached hydrogens (primary N) is 1. The highest BCUT2D eigenvalue weighted by Gasteiger charge is 2.49. The molecule has 0 aromatic rings. The maximum atomic E-state index is 6.07. The smallest absolute Gasteiger partial charge is 0.00178 e. The summed E-state index contributed by atoms with van der Waals surface area (Å²) in [7, 11) is 0. The van der Waals surface area contributed by atoms with Crippen molar-refractivity contribution in [1.29, 1.82) is 0 Å². The van der Waals surface area contributed by atoms with Gasteiger partial charge in [0.15, 0.2) is 0 Å². The van der Waals surface area contributed by atoms with Crippen molar-refractivity contribution in [1.82, 2.24) is 0 Å². The van der Waals surface area contributed by atoms with Gasteiger partial charge in [0.2, 0.25) is 0 Å². The van der Waals surface area contributed by atoms with Crippen molar-refractivity contribution in [3.63, 3.8) is 0 Å². The molecule has 2 saturated carbocycles. The van der Waals surface area contributed by atoms with Crippen LogP contribution in [0.25, 0.3) is 0 Å². The van der Waals surface area contributed by atoms with Gasteiger partial charge in [-0.2, -0.15) is 0 Å². The lowest BCUT2D eigenvalue weighted by molar-refractivity contribution is 0.150. The highest BCUT2D eigenvalue weighted by atomic mass is 14.7. The first kappa shape index (κ1) is 11.4. The van der Waals surface area contributed by atoms with E-state index in [9.17, 15) is 0 Å². The Balaban J connectivity index is 1.86. The van der Waals surface area contributed by atoms with E-state index in [2.05, 4.69) is 13.8 Å². The second-order valence-electron chi connectivity index (χ2n) is 6.43. The summed E-state index contributed by atoms with van der Waals surface area (Å²) in [6, 6.07) is 0. The molecule has 3 unspecified atom stereocenters. The van der Waals surface area contributed by atoms with E-state index < -0.39 is 0 Å². The Bertz CT molecular complexity index is 211. The molecule has 15 heavy (non-hydrogen) atoms. The summed E-state index contributed by atoms with van der Waals surface area (Å²) in [5, 5.41) is 0. The fourth-order valence-electron chi connectivity index (χ4n) is 4.08. The minimum Gasteiger partial charge on any atom is -0.330 e. The molecule has 2 fully saturated rings. The van der Waals surface area contributed by atoms with Crippen LogP contribution in [0.3, 0.4) is 0 Å². The normalized spacial score (nSPS) is 39.2. The van der Waals surface area contributed by atoms with Gasteiger partial charge in [-0.15, -0.1) is 0 Å². The fraction of sp³-hybridized carbons (Fsp3) is 1.00. The van der Waals surface area contributed by atoms with Gasteiger partial charge >= 0.3 is 0 Å². The predicted molar refractivity (Wildman–Crippen MR) is 65.6 cm³/mol. The molecule has 1 nitrogen and oxygen atoms in total. The van der Waals surface area contributed by atoms with Gasteiger partial charge in [-0.05, 0) is 55.4 Å². The van der Waals surface area contributed by atoms with E-state index in [1.165, 1.54) is 44.9 Å². The van der Waals surface area contributed by atoms with E-state index in [1.54, 1.807) is 0 Å². The molecule has 2 aliphatic rings. The van der Waals surface area contributed by atoms with Crippen LogP contribution in [-0.2, 0) is 0 Å². The van der Waals surface area contributed by atoms with Crippen LogP contribution >= 0.6 is 0 Å². The molecular weight excluding hydrogens is 182 g/mol. The minimum atomic E-state index is 0.567. The van der Waals surface area contributed by atoms with Crippen LogP contribution in [0.5, 0.6) is 0 Å². The third kappa shape index (κ3) is 2.22. The topological polar surface area (TPSA) is 26.0 Å². The lowest BCUT2D eigenvalue weighted by Crippen LogP contribution is -2.35. The van der Waals surface area contributed by atoms with E-state index in [0.717, 1.165) is 24.3 Å². The Labute approximate surface area is 94.8 Å². The van der Waals surface area contributed by atoms with Crippen molar-refractivity contribution in [3.8, 4) is 0 Å². The molecule has 2 bridgehead atoms. The highest BCUT2D eigenvalue weighted by Crippen LogP contribution is 2.57. The molecule has 0 aromatic carbocycles. The molecule has 0 aromatic heterocycles. The van der Waals surface area contributed by atoms with Gasteiger partial charge in [0.05, 0.1) is 0 Å². The summed E-state index contributed by atoms with van der Waals surface area (Å²) in [6.07, 6.45) is 10.1. The van der Waals surface area contributed by atoms with Crippen LogP contribution in [0.4, 0.5) is 0 Å². The van der Waals surface area contributed by atoms with Crippen LogP contribution in [0.1, 0.15) is 58.8 Å². The minimum absolute atomic E-state index is 0.567. The highest BCUT2D eigenvalue weighted by molar-refractivity contribution is 5.00. The lowest BCUT2D eigenvalue weighted by Gasteiger charge is -2.37. The third-order valence-corrected chi connectivity index (χ3v) is 4.97. The Kier molecular flexibility index (Phi) is 3.39. The van der Waals surface area contributed by atoms with Crippen molar-refractivity contribution in [3.05, 3.63) is 0 Å². The van der Waals surface area contributed by atoms with Gasteiger partial charge < -0.3 is 5.73 Å². The molecule has 0 heterocycles. The third-order valence-electron chi connectivity index (χ3n) is 4.97. The number of hydrogen-bond acceptors (Lipinski definition) is 1. The summed E-state index contributed by atoms with van der Waals surface area (Å²) in [5.74, 6) is 2.88. The maximum Gasteiger partial charge on any atom is -0.00178 e. The Morgan fingerprint density at radius 3 is 2.60 bits per heavy atom. The fourth-order valence-corrected chi connectivity index (χ4v) is 4.08. The molecule has 3 atom stereocenters. The van der Waals surface area contributed by atoms with Crippen LogP contribution in [-0.4, -0.2) is 6.54 Å². The van der Waals surface area contributed by atoms with E-state index in [0.29, 0.717) is 5.41 Å². The summed E-state index contributed by atoms with van der Waals surface area (Å²) < 4.78 is 0. The lowest BCUT2D eigenvalue weighted by atomic mass is 9.70. The zero-order valence-corrected chi connectivity index (χ0v) is 10.5. The van der Waals surface area contributed by atoms with Gasteiger partial charge in [-0.3, -0.25) is 0 Å². The van der Waals surface area contributed by atoms with Gasteiger partial charge in [0.25, 0.3) is 0 Å². The second-order valence-corrected chi connectivity index (χ2v) is 6.43. The predicted octanol–water partition coefficient (Wildman–Crippen LogP) is 3.58. The van der Waals surface area contributed by atoms with Crippen molar-refractivity contribution in [2.75, 3.05) is 6.54 Å². The first-order valence-electron chi connectivity index (χ1n) is 6.86. The van der Waals surface area contributed by atoms with Crippen molar-refractivity contribution < 1.29 is 0 Å². The first-order chi connectivity index (χ1) is 7.16. The summed E-state index contributed by atoms with van der Waals surface area (Å²) >= 11 is 0. The molecule has 0 spiro atoms. The molecule has 2 N–H and O–H groups in total. The Morgan fingerprint density at radius 2 is 2.13 bits per heavy atom. The Hall–Kier alpha value is -0.0400. The quantitative estimate of drug-likeness (QED) is 0.736. The standard InChI is InChI=1S/C14H27N/c1-11(2)4-3-7-14(10-15)9-12-5-6-13(14)8-12/h11-13H,3-10,15H2,1-2H3. The van der Waals surface area contributed by atoms with Crippen molar-refractivity contribution >= 4 is 0 Å². The van der Waals surface area contributed by atoms with Crippen molar-refractivity contribution in [2.45, 2.75) is 58.8 Å². The second kappa shape index (κ2) is 4.45. The maximum absolute atomic E-state index is 6.07. The number of rotatable bonds is 5. The van der Waals surface area contributed by atoms with Crippen LogP contribution in [0.15, 0.2) is 0 Å². The van der Waals surface area contributed by atoms with Gasteiger partial charge in [-0.25, -0.2) is 0 Å². The van der Waals surface area contributed by atoms with Gasteiger partial charge in [0, 0.05) is 0 Å². The summed E-state index contributed by atoms with van der Waals surface area (Å²) in [4.78, 5) is 0. The SMILES string of the molecule is CC(C)CCCC1(CN)CC2CCC1C2. The molecular formula is C14H27N. The molecule has 0 aliphatic heterocycles. The van der Waals surface area contributed by atoms with E-state index in [4.69, 9.17) is 5.73 Å². The zero-order valence-electron chi connectivity index (χ0n) is 10.5. The first-order valence-corrected chi connectivity index (χ1v) is 6.86. The van der Waals surface area contributed by atoms with E-state index in [1.807, 2.05) is 0 Å². The largest absolute Gasteiger partial charge is 0.330 e. The molecule has 2 aliphatic carbocycles. The monoisotopic (exact) mass is 209 g/mol. The van der Waals surface area contributed by atoms with E-state index >= 15 is 0 Å². The average molecular weight is 209 g/mol. The Morgan fingerprint density at radius 1 is 1.33 bits per heavy atom. The number of hydrogen-bond donors (Lipinski definition) is 1. The van der Waals surface area contributed by atoms with Gasteiger partial charge in [0.1, 0.15) is 0 Å². The average Bonchev–Trinajstić information content (AvgIpc) is 2.77. The van der Waals surface area contributed by atoms with Crippen LogP contribution < -0.4 is 5.73 Å². The molecule has 0 radical (unpaired) electrons. The van der Waals surface area contributed by atoms with Crippen molar-refractivity contribution in [2.24, 2.45) is 28.9 Å². The molecule has 0 saturated heterocycles. The molecule has 2 rings (SSSR count). The summed E-state index contributed by atoms with van der Waals surface area (Å²) in [5.41, 5.74) is 6.64.